The minimum Gasteiger partial charge on any atom is -0.479 e. The second-order valence-electron chi connectivity index (χ2n) is 2.59. The van der Waals surface area contributed by atoms with Gasteiger partial charge >= 0.3 is 13.3 Å². The minimum absolute atomic E-state index is 0.355. The highest BCUT2D eigenvalue weighted by atomic mass is 16.6. The van der Waals surface area contributed by atoms with Crippen molar-refractivity contribution >= 4 is 13.3 Å². The summed E-state index contributed by atoms with van der Waals surface area (Å²) in [7, 11) is -2.10. The minimum atomic E-state index is -2.10. The molecule has 0 aromatic heterocycles. The molecule has 0 bridgehead atoms. The fourth-order valence-corrected chi connectivity index (χ4v) is 1.03. The van der Waals surface area contributed by atoms with E-state index in [0.29, 0.717) is 5.56 Å². The lowest BCUT2D eigenvalue weighted by Gasteiger charge is -2.12. The molecule has 1 aromatic carbocycles. The lowest BCUT2D eigenvalue weighted by atomic mass is 10.1. The van der Waals surface area contributed by atoms with Crippen molar-refractivity contribution in [1.82, 2.24) is 0 Å². The Kier molecular flexibility index (Phi) is 3.64. The van der Waals surface area contributed by atoms with Gasteiger partial charge in [-0.25, -0.2) is 4.79 Å². The Balaban J connectivity index is 2.84. The summed E-state index contributed by atoms with van der Waals surface area (Å²) in [6.07, 6.45) is -1.36. The van der Waals surface area contributed by atoms with Crippen LogP contribution in [-0.2, 0) is 9.45 Å². The zero-order chi connectivity index (χ0) is 10.6. The highest BCUT2D eigenvalue weighted by molar-refractivity contribution is 6.33. The third-order valence-electron chi connectivity index (χ3n) is 1.58. The van der Waals surface area contributed by atoms with Gasteiger partial charge in [-0.3, -0.25) is 0 Å². The van der Waals surface area contributed by atoms with Crippen LogP contribution in [0.1, 0.15) is 11.7 Å². The average molecular weight is 196 g/mol. The Labute approximate surface area is 80.7 Å². The summed E-state index contributed by atoms with van der Waals surface area (Å²) in [6, 6.07) is 8.05. The van der Waals surface area contributed by atoms with Gasteiger partial charge in [0, 0.05) is 0 Å². The molecule has 1 atom stereocenters. The number of hydrogen-bond acceptors (Lipinski definition) is 4. The monoisotopic (exact) mass is 196 g/mol. The molecule has 0 amide bonds. The number of benzene rings is 1. The first kappa shape index (κ1) is 10.7. The van der Waals surface area contributed by atoms with Crippen LogP contribution in [0.5, 0.6) is 0 Å². The highest BCUT2D eigenvalue weighted by Crippen LogP contribution is 2.17. The van der Waals surface area contributed by atoms with Crippen molar-refractivity contribution in [1.29, 1.82) is 0 Å². The van der Waals surface area contributed by atoms with Crippen molar-refractivity contribution in [2.24, 2.45) is 0 Å². The fourth-order valence-electron chi connectivity index (χ4n) is 1.03. The standard InChI is InChI=1S/C8H9BO5/c10-8(11)7(14-9(12)13)6-4-2-1-3-5-6/h1-5,7,12-13H,(H,10,11). The van der Waals surface area contributed by atoms with Gasteiger partial charge in [0.15, 0.2) is 6.10 Å². The van der Waals surface area contributed by atoms with Crippen LogP contribution in [0, 0.1) is 0 Å². The van der Waals surface area contributed by atoms with Crippen molar-refractivity contribution in [2.45, 2.75) is 6.10 Å². The normalized spacial score (nSPS) is 12.1. The van der Waals surface area contributed by atoms with Gasteiger partial charge in [0.05, 0.1) is 0 Å². The van der Waals surface area contributed by atoms with Crippen molar-refractivity contribution in [2.75, 3.05) is 0 Å². The SMILES string of the molecule is O=C(O)C(OB(O)O)c1ccccc1. The molecule has 0 saturated carbocycles. The number of carboxylic acid groups (broad SMARTS) is 1. The molecule has 0 aliphatic rings. The summed E-state index contributed by atoms with van der Waals surface area (Å²) in [5.41, 5.74) is 0.355. The molecule has 0 radical (unpaired) electrons. The number of aliphatic carboxylic acids is 1. The molecule has 1 unspecified atom stereocenters. The molecule has 1 rings (SSSR count). The molecular weight excluding hydrogens is 187 g/mol. The van der Waals surface area contributed by atoms with E-state index in [4.69, 9.17) is 15.2 Å². The predicted octanol–water partition coefficient (Wildman–Crippen LogP) is -0.202. The highest BCUT2D eigenvalue weighted by Gasteiger charge is 2.25. The Hall–Kier alpha value is -1.37. The summed E-state index contributed by atoms with van der Waals surface area (Å²) in [4.78, 5) is 10.7. The second-order valence-corrected chi connectivity index (χ2v) is 2.59. The van der Waals surface area contributed by atoms with Gasteiger partial charge in [-0.1, -0.05) is 30.3 Å². The maximum absolute atomic E-state index is 10.7. The Morgan fingerprint density at radius 2 is 1.86 bits per heavy atom. The molecule has 14 heavy (non-hydrogen) atoms. The zero-order valence-corrected chi connectivity index (χ0v) is 7.20. The molecule has 0 aliphatic heterocycles. The van der Waals surface area contributed by atoms with E-state index >= 15 is 0 Å². The lowest BCUT2D eigenvalue weighted by Crippen LogP contribution is -2.25. The Morgan fingerprint density at radius 3 is 2.29 bits per heavy atom. The van der Waals surface area contributed by atoms with Crippen molar-refractivity contribution in [3.05, 3.63) is 35.9 Å². The molecule has 1 aromatic rings. The van der Waals surface area contributed by atoms with Crippen molar-refractivity contribution in [3.8, 4) is 0 Å². The predicted molar refractivity (Wildman–Crippen MR) is 48.1 cm³/mol. The van der Waals surface area contributed by atoms with Crippen LogP contribution in [-0.4, -0.2) is 28.4 Å². The van der Waals surface area contributed by atoms with Crippen LogP contribution >= 0.6 is 0 Å². The number of rotatable bonds is 4. The first-order valence-electron chi connectivity index (χ1n) is 3.90. The average Bonchev–Trinajstić information content (AvgIpc) is 2.15. The van der Waals surface area contributed by atoms with Crippen LogP contribution < -0.4 is 0 Å². The van der Waals surface area contributed by atoms with Gasteiger partial charge in [0.25, 0.3) is 0 Å². The van der Waals surface area contributed by atoms with Gasteiger partial charge in [-0.05, 0) is 5.56 Å². The van der Waals surface area contributed by atoms with E-state index in [1.54, 1.807) is 18.2 Å². The topological polar surface area (TPSA) is 87.0 Å². The number of carbonyl (C=O) groups is 1. The molecule has 74 valence electrons. The lowest BCUT2D eigenvalue weighted by molar-refractivity contribution is -0.147. The van der Waals surface area contributed by atoms with Crippen LogP contribution in [0.15, 0.2) is 30.3 Å². The van der Waals surface area contributed by atoms with E-state index in [-0.39, 0.29) is 0 Å². The zero-order valence-electron chi connectivity index (χ0n) is 7.20. The summed E-state index contributed by atoms with van der Waals surface area (Å²) in [6.45, 7) is 0. The number of carboxylic acids is 1. The molecule has 5 nitrogen and oxygen atoms in total. The number of hydrogen-bond donors (Lipinski definition) is 3. The smallest absolute Gasteiger partial charge is 0.479 e. The van der Waals surface area contributed by atoms with Crippen LogP contribution in [0.3, 0.4) is 0 Å². The third kappa shape index (κ3) is 2.84. The van der Waals surface area contributed by atoms with E-state index in [2.05, 4.69) is 4.65 Å². The van der Waals surface area contributed by atoms with Gasteiger partial charge in [-0.2, -0.15) is 0 Å². The summed E-state index contributed by atoms with van der Waals surface area (Å²) in [5, 5.41) is 25.7. The summed E-state index contributed by atoms with van der Waals surface area (Å²) in [5.74, 6) is -1.27. The first-order valence-corrected chi connectivity index (χ1v) is 3.90. The van der Waals surface area contributed by atoms with Gasteiger partial charge in [0.1, 0.15) is 0 Å². The molecule has 0 spiro atoms. The van der Waals surface area contributed by atoms with E-state index in [9.17, 15) is 4.79 Å². The Morgan fingerprint density at radius 1 is 1.29 bits per heavy atom. The van der Waals surface area contributed by atoms with E-state index < -0.39 is 19.4 Å². The largest absolute Gasteiger partial charge is 0.634 e. The Bertz CT molecular complexity index is 300. The molecule has 0 heterocycles. The fraction of sp³-hybridized carbons (Fsp3) is 0.125. The molecule has 0 aliphatic carbocycles. The maximum Gasteiger partial charge on any atom is 0.634 e. The molecule has 0 fully saturated rings. The van der Waals surface area contributed by atoms with E-state index in [1.807, 2.05) is 0 Å². The van der Waals surface area contributed by atoms with Crippen LogP contribution in [0.4, 0.5) is 0 Å². The van der Waals surface area contributed by atoms with Gasteiger partial charge in [0.2, 0.25) is 0 Å². The van der Waals surface area contributed by atoms with E-state index in [0.717, 1.165) is 0 Å². The molecule has 0 saturated heterocycles. The van der Waals surface area contributed by atoms with Crippen molar-refractivity contribution < 1.29 is 24.6 Å². The van der Waals surface area contributed by atoms with Crippen LogP contribution in [0.25, 0.3) is 0 Å². The van der Waals surface area contributed by atoms with Crippen LogP contribution in [0.2, 0.25) is 0 Å². The molecule has 3 N–H and O–H groups in total. The van der Waals surface area contributed by atoms with E-state index in [1.165, 1.54) is 12.1 Å². The van der Waals surface area contributed by atoms with Gasteiger partial charge in [-0.15, -0.1) is 0 Å². The van der Waals surface area contributed by atoms with Crippen molar-refractivity contribution in [3.63, 3.8) is 0 Å². The second kappa shape index (κ2) is 4.76. The molecule has 6 heteroatoms. The quantitative estimate of drug-likeness (QED) is 0.580. The third-order valence-corrected chi connectivity index (χ3v) is 1.58. The summed E-state index contributed by atoms with van der Waals surface area (Å²) >= 11 is 0. The molecular formula is C8H9BO5. The summed E-state index contributed by atoms with van der Waals surface area (Å²) < 4.78 is 4.41. The van der Waals surface area contributed by atoms with Gasteiger partial charge < -0.3 is 19.8 Å². The first-order chi connectivity index (χ1) is 6.61. The maximum atomic E-state index is 10.7.